The first-order valence-electron chi connectivity index (χ1n) is 6.23. The van der Waals surface area contributed by atoms with E-state index in [9.17, 15) is 20.0 Å². The Bertz CT molecular complexity index is 917. The van der Waals surface area contributed by atoms with Crippen molar-refractivity contribution in [3.8, 4) is 5.75 Å². The van der Waals surface area contributed by atoms with E-state index >= 15 is 0 Å². The lowest BCUT2D eigenvalue weighted by molar-refractivity contribution is -0.384. The molecule has 0 saturated heterocycles. The van der Waals surface area contributed by atoms with Crippen LogP contribution in [0.4, 0.5) is 5.69 Å². The second-order valence-electron chi connectivity index (χ2n) is 4.42. The zero-order chi connectivity index (χ0) is 15.7. The molecule has 1 aromatic heterocycles. The van der Waals surface area contributed by atoms with Crippen LogP contribution in [0.5, 0.6) is 5.75 Å². The van der Waals surface area contributed by atoms with E-state index in [1.165, 1.54) is 24.3 Å². The van der Waals surface area contributed by atoms with E-state index in [2.05, 4.69) is 0 Å². The van der Waals surface area contributed by atoms with Crippen LogP contribution < -0.4 is 5.63 Å². The second kappa shape index (κ2) is 5.53. The van der Waals surface area contributed by atoms with Crippen molar-refractivity contribution in [2.24, 2.45) is 0 Å². The maximum Gasteiger partial charge on any atom is 0.354 e. The van der Waals surface area contributed by atoms with E-state index in [-0.39, 0.29) is 16.3 Å². The maximum atomic E-state index is 12.0. The summed E-state index contributed by atoms with van der Waals surface area (Å²) in [6.45, 7) is 0. The molecule has 0 amide bonds. The van der Waals surface area contributed by atoms with Crippen LogP contribution in [0, 0.1) is 10.1 Å². The average Bonchev–Trinajstić information content (AvgIpc) is 2.52. The Balaban J connectivity index is 2.03. The number of hydrogen-bond donors (Lipinski definition) is 1. The van der Waals surface area contributed by atoms with Gasteiger partial charge in [-0.3, -0.25) is 10.1 Å². The van der Waals surface area contributed by atoms with Gasteiger partial charge in [0.2, 0.25) is 0 Å². The lowest BCUT2D eigenvalue weighted by Crippen LogP contribution is -2.02. The van der Waals surface area contributed by atoms with Crippen molar-refractivity contribution in [1.29, 1.82) is 0 Å². The van der Waals surface area contributed by atoms with Crippen LogP contribution in [0.1, 0.15) is 0 Å². The molecule has 0 unspecified atom stereocenters. The van der Waals surface area contributed by atoms with E-state index < -0.39 is 10.5 Å². The van der Waals surface area contributed by atoms with Crippen LogP contribution in [0.2, 0.25) is 0 Å². The molecule has 1 N–H and O–H groups in total. The average molecular weight is 315 g/mol. The third-order valence-corrected chi connectivity index (χ3v) is 4.08. The molecule has 0 aliphatic rings. The van der Waals surface area contributed by atoms with Gasteiger partial charge in [-0.15, -0.1) is 0 Å². The molecular weight excluding hydrogens is 306 g/mol. The van der Waals surface area contributed by atoms with Gasteiger partial charge in [0, 0.05) is 17.0 Å². The highest BCUT2D eigenvalue weighted by Gasteiger charge is 2.15. The summed E-state index contributed by atoms with van der Waals surface area (Å²) in [6.07, 6.45) is 0. The number of aromatic hydroxyl groups is 1. The van der Waals surface area contributed by atoms with Gasteiger partial charge in [0.1, 0.15) is 16.2 Å². The standard InChI is InChI=1S/C15H9NO5S/c17-13-11-3-1-2-4-12(11)21-15(18)14(13)22-10-7-5-9(6-8-10)16(19)20/h1-8,17H. The van der Waals surface area contributed by atoms with Crippen LogP contribution in [0.25, 0.3) is 11.0 Å². The number of nitrogens with zero attached hydrogens (tertiary/aromatic N) is 1. The van der Waals surface area contributed by atoms with Gasteiger partial charge in [0.25, 0.3) is 5.69 Å². The molecule has 0 aliphatic heterocycles. The van der Waals surface area contributed by atoms with Gasteiger partial charge >= 0.3 is 5.63 Å². The number of fused-ring (bicyclic) bond motifs is 1. The Kier molecular flexibility index (Phi) is 3.56. The maximum absolute atomic E-state index is 12.0. The summed E-state index contributed by atoms with van der Waals surface area (Å²) in [7, 11) is 0. The van der Waals surface area contributed by atoms with Gasteiger partial charge in [-0.25, -0.2) is 4.79 Å². The molecule has 0 atom stereocenters. The number of nitro groups is 1. The van der Waals surface area contributed by atoms with Crippen molar-refractivity contribution < 1.29 is 14.4 Å². The summed E-state index contributed by atoms with van der Waals surface area (Å²) < 4.78 is 5.16. The van der Waals surface area contributed by atoms with Crippen molar-refractivity contribution in [1.82, 2.24) is 0 Å². The Labute approximate surface area is 128 Å². The predicted octanol–water partition coefficient (Wildman–Crippen LogP) is 3.56. The molecule has 0 spiro atoms. The molecular formula is C15H9NO5S. The monoisotopic (exact) mass is 315 g/mol. The topological polar surface area (TPSA) is 93.6 Å². The van der Waals surface area contributed by atoms with Crippen LogP contribution >= 0.6 is 11.8 Å². The summed E-state index contributed by atoms with van der Waals surface area (Å²) in [5.74, 6) is -0.157. The van der Waals surface area contributed by atoms with E-state index in [0.29, 0.717) is 15.9 Å². The minimum absolute atomic E-state index is 0.0425. The zero-order valence-corrected chi connectivity index (χ0v) is 11.9. The molecule has 7 heteroatoms. The summed E-state index contributed by atoms with van der Waals surface area (Å²) in [6, 6.07) is 12.4. The molecule has 0 radical (unpaired) electrons. The Morgan fingerprint density at radius 3 is 2.45 bits per heavy atom. The van der Waals surface area contributed by atoms with Gasteiger partial charge in [0.05, 0.1) is 10.3 Å². The largest absolute Gasteiger partial charge is 0.506 e. The molecule has 1 heterocycles. The van der Waals surface area contributed by atoms with Gasteiger partial charge in [-0.05, 0) is 24.3 Å². The van der Waals surface area contributed by atoms with Crippen LogP contribution in [0.3, 0.4) is 0 Å². The van der Waals surface area contributed by atoms with E-state index in [4.69, 9.17) is 4.42 Å². The molecule has 110 valence electrons. The summed E-state index contributed by atoms with van der Waals surface area (Å²) in [4.78, 5) is 22.7. The molecule has 0 bridgehead atoms. The van der Waals surface area contributed by atoms with Crippen molar-refractivity contribution in [3.05, 3.63) is 69.1 Å². The third kappa shape index (κ3) is 2.53. The first kappa shape index (κ1) is 14.2. The lowest BCUT2D eigenvalue weighted by Gasteiger charge is -2.05. The minimum Gasteiger partial charge on any atom is -0.506 e. The summed E-state index contributed by atoms with van der Waals surface area (Å²) in [5.41, 5.74) is -0.392. The van der Waals surface area contributed by atoms with Gasteiger partial charge in [-0.2, -0.15) is 0 Å². The van der Waals surface area contributed by atoms with E-state index in [1.54, 1.807) is 24.3 Å². The molecule has 3 aromatic rings. The van der Waals surface area contributed by atoms with Crippen LogP contribution in [0.15, 0.2) is 67.5 Å². The minimum atomic E-state index is -0.653. The van der Waals surface area contributed by atoms with Gasteiger partial charge in [-0.1, -0.05) is 23.9 Å². The zero-order valence-electron chi connectivity index (χ0n) is 11.1. The van der Waals surface area contributed by atoms with Crippen LogP contribution in [-0.2, 0) is 0 Å². The SMILES string of the molecule is O=c1oc2ccccc2c(O)c1Sc1ccc([N+](=O)[O-])cc1. The first-order valence-corrected chi connectivity index (χ1v) is 7.05. The first-order chi connectivity index (χ1) is 10.6. The number of rotatable bonds is 3. The van der Waals surface area contributed by atoms with Crippen molar-refractivity contribution >= 4 is 28.4 Å². The van der Waals surface area contributed by atoms with Crippen LogP contribution in [-0.4, -0.2) is 10.0 Å². The third-order valence-electron chi connectivity index (χ3n) is 3.01. The molecule has 3 rings (SSSR count). The molecule has 0 fully saturated rings. The molecule has 0 aliphatic carbocycles. The fourth-order valence-electron chi connectivity index (χ4n) is 1.96. The smallest absolute Gasteiger partial charge is 0.354 e. The predicted molar refractivity (Wildman–Crippen MR) is 81.4 cm³/mol. The molecule has 22 heavy (non-hydrogen) atoms. The van der Waals surface area contributed by atoms with Crippen molar-refractivity contribution in [3.63, 3.8) is 0 Å². The lowest BCUT2D eigenvalue weighted by atomic mass is 10.2. The summed E-state index contributed by atoms with van der Waals surface area (Å²) >= 11 is 0.997. The number of nitro benzene ring substituents is 1. The van der Waals surface area contributed by atoms with Crippen molar-refractivity contribution in [2.75, 3.05) is 0 Å². The quantitative estimate of drug-likeness (QED) is 0.451. The Morgan fingerprint density at radius 1 is 1.09 bits per heavy atom. The van der Waals surface area contributed by atoms with Crippen molar-refractivity contribution in [2.45, 2.75) is 9.79 Å². The Morgan fingerprint density at radius 2 is 1.77 bits per heavy atom. The highest BCUT2D eigenvalue weighted by molar-refractivity contribution is 7.99. The number of benzene rings is 2. The van der Waals surface area contributed by atoms with Gasteiger partial charge in [0.15, 0.2) is 0 Å². The van der Waals surface area contributed by atoms with Gasteiger partial charge < -0.3 is 9.52 Å². The number of para-hydroxylation sites is 1. The fourth-order valence-corrected chi connectivity index (χ4v) is 2.80. The molecule has 2 aromatic carbocycles. The molecule has 0 saturated carbocycles. The second-order valence-corrected chi connectivity index (χ2v) is 5.50. The number of hydrogen-bond acceptors (Lipinski definition) is 6. The van der Waals surface area contributed by atoms with E-state index in [0.717, 1.165) is 11.8 Å². The highest BCUT2D eigenvalue weighted by Crippen LogP contribution is 2.36. The molecule has 6 nitrogen and oxygen atoms in total. The van der Waals surface area contributed by atoms with E-state index in [1.807, 2.05) is 0 Å². The summed E-state index contributed by atoms with van der Waals surface area (Å²) in [5, 5.41) is 21.3. The Hall–Kier alpha value is -2.80. The number of non-ortho nitro benzene ring substituents is 1. The fraction of sp³-hybridized carbons (Fsp3) is 0. The normalized spacial score (nSPS) is 10.7. The highest BCUT2D eigenvalue weighted by atomic mass is 32.2.